The number of rotatable bonds is 2. The van der Waals surface area contributed by atoms with Crippen LogP contribution in [0.1, 0.15) is 11.8 Å². The highest BCUT2D eigenvalue weighted by Crippen LogP contribution is 2.41. The monoisotopic (exact) mass is 278 g/mol. The maximum absolute atomic E-state index is 13.8. The van der Waals surface area contributed by atoms with Gasteiger partial charge in [0, 0.05) is 11.8 Å². The van der Waals surface area contributed by atoms with Crippen molar-refractivity contribution >= 4 is 0 Å². The first kappa shape index (κ1) is 13.8. The predicted octanol–water partition coefficient (Wildman–Crippen LogP) is -1.27. The third-order valence-corrected chi connectivity index (χ3v) is 2.96. The van der Waals surface area contributed by atoms with Crippen LogP contribution in [0.15, 0.2) is 15.8 Å². The first-order valence-corrected chi connectivity index (χ1v) is 5.43. The minimum atomic E-state index is -3.76. The first-order chi connectivity index (χ1) is 8.78. The van der Waals surface area contributed by atoms with Crippen LogP contribution in [0, 0.1) is 6.92 Å². The highest BCUT2D eigenvalue weighted by molar-refractivity contribution is 5.04. The summed E-state index contributed by atoms with van der Waals surface area (Å²) in [7, 11) is 0. The third kappa shape index (κ3) is 2.09. The molecule has 1 aliphatic rings. The number of aliphatic hydroxyl groups is 2. The van der Waals surface area contributed by atoms with Gasteiger partial charge in [-0.1, -0.05) is 0 Å². The fourth-order valence-corrected chi connectivity index (χ4v) is 1.88. The van der Waals surface area contributed by atoms with Gasteiger partial charge < -0.3 is 14.9 Å². The van der Waals surface area contributed by atoms with E-state index in [0.717, 1.165) is 6.20 Å². The molecule has 0 spiro atoms. The van der Waals surface area contributed by atoms with Crippen LogP contribution in [-0.4, -0.2) is 44.5 Å². The summed E-state index contributed by atoms with van der Waals surface area (Å²) in [4.78, 5) is 24.5. The van der Waals surface area contributed by atoms with E-state index in [9.17, 15) is 23.5 Å². The van der Waals surface area contributed by atoms with Crippen molar-refractivity contribution in [1.29, 1.82) is 0 Å². The van der Waals surface area contributed by atoms with E-state index in [1.54, 1.807) is 0 Å². The van der Waals surface area contributed by atoms with Crippen LogP contribution in [0.3, 0.4) is 0 Å². The summed E-state index contributed by atoms with van der Waals surface area (Å²) in [6, 6.07) is 0. The SMILES string of the molecule is Cc1cn([C@H]2O[C@@H](CO)[C@H](O)C2(F)F)c(=O)[nH]c1=O. The van der Waals surface area contributed by atoms with E-state index in [2.05, 4.69) is 0 Å². The number of H-pyrrole nitrogens is 1. The van der Waals surface area contributed by atoms with Crippen molar-refractivity contribution in [2.45, 2.75) is 31.3 Å². The van der Waals surface area contributed by atoms with Crippen LogP contribution in [0.25, 0.3) is 0 Å². The molecule has 3 atom stereocenters. The van der Waals surface area contributed by atoms with Crippen LogP contribution in [0.5, 0.6) is 0 Å². The second-order valence-electron chi connectivity index (χ2n) is 4.31. The molecule has 1 aromatic heterocycles. The van der Waals surface area contributed by atoms with Gasteiger partial charge in [0.1, 0.15) is 6.10 Å². The maximum atomic E-state index is 13.8. The van der Waals surface area contributed by atoms with Crippen LogP contribution in [0.4, 0.5) is 8.78 Å². The van der Waals surface area contributed by atoms with E-state index in [-0.39, 0.29) is 5.56 Å². The summed E-state index contributed by atoms with van der Waals surface area (Å²) in [6.45, 7) is 0.520. The molecule has 9 heteroatoms. The number of nitrogens with one attached hydrogen (secondary N) is 1. The zero-order valence-electron chi connectivity index (χ0n) is 9.84. The van der Waals surface area contributed by atoms with Crippen LogP contribution in [0.2, 0.25) is 0 Å². The van der Waals surface area contributed by atoms with Crippen LogP contribution >= 0.6 is 0 Å². The summed E-state index contributed by atoms with van der Waals surface area (Å²) >= 11 is 0. The Balaban J connectivity index is 2.51. The quantitative estimate of drug-likeness (QED) is 0.625. The van der Waals surface area contributed by atoms with Crippen molar-refractivity contribution in [1.82, 2.24) is 9.55 Å². The van der Waals surface area contributed by atoms with Gasteiger partial charge in [-0.3, -0.25) is 14.3 Å². The molecule has 1 aliphatic heterocycles. The largest absolute Gasteiger partial charge is 0.394 e. The summed E-state index contributed by atoms with van der Waals surface area (Å²) in [5, 5.41) is 18.2. The van der Waals surface area contributed by atoms with Crippen molar-refractivity contribution in [3.63, 3.8) is 0 Å². The Hall–Kier alpha value is -1.58. The number of hydrogen-bond donors (Lipinski definition) is 3. The smallest absolute Gasteiger partial charge is 0.330 e. The Morgan fingerprint density at radius 3 is 2.68 bits per heavy atom. The molecule has 1 fully saturated rings. The fraction of sp³-hybridized carbons (Fsp3) is 0.600. The lowest BCUT2D eigenvalue weighted by atomic mass is 10.1. The van der Waals surface area contributed by atoms with E-state index in [1.807, 2.05) is 4.98 Å². The van der Waals surface area contributed by atoms with Crippen LogP contribution < -0.4 is 11.2 Å². The molecule has 0 saturated carbocycles. The zero-order chi connectivity index (χ0) is 14.4. The lowest BCUT2D eigenvalue weighted by Gasteiger charge is -2.21. The van der Waals surface area contributed by atoms with Gasteiger partial charge in [0.25, 0.3) is 5.56 Å². The molecule has 0 unspecified atom stereocenters. The van der Waals surface area contributed by atoms with Gasteiger partial charge in [-0.25, -0.2) is 4.79 Å². The lowest BCUT2D eigenvalue weighted by molar-refractivity contribution is -0.141. The van der Waals surface area contributed by atoms with Crippen molar-refractivity contribution < 1.29 is 23.7 Å². The summed E-state index contributed by atoms with van der Waals surface area (Å²) in [5.41, 5.74) is -1.73. The molecule has 0 bridgehead atoms. The predicted molar refractivity (Wildman–Crippen MR) is 58.0 cm³/mol. The molecule has 3 N–H and O–H groups in total. The van der Waals surface area contributed by atoms with Gasteiger partial charge in [-0.05, 0) is 6.92 Å². The van der Waals surface area contributed by atoms with Crippen LogP contribution in [-0.2, 0) is 4.74 Å². The van der Waals surface area contributed by atoms with Gasteiger partial charge >= 0.3 is 11.6 Å². The molecule has 0 aromatic carbocycles. The normalized spacial score (nSPS) is 29.6. The second-order valence-corrected chi connectivity index (χ2v) is 4.31. The minimum Gasteiger partial charge on any atom is -0.394 e. The molecule has 1 saturated heterocycles. The molecule has 0 aliphatic carbocycles. The number of aliphatic hydroxyl groups excluding tert-OH is 2. The topological polar surface area (TPSA) is 105 Å². The van der Waals surface area contributed by atoms with E-state index < -0.39 is 42.2 Å². The Bertz CT molecular complexity index is 596. The third-order valence-electron chi connectivity index (χ3n) is 2.96. The van der Waals surface area contributed by atoms with Crippen molar-refractivity contribution in [3.05, 3.63) is 32.6 Å². The summed E-state index contributed by atoms with van der Waals surface area (Å²) in [6.07, 6.45) is -4.89. The van der Waals surface area contributed by atoms with Gasteiger partial charge in [0.15, 0.2) is 6.10 Å². The second kappa shape index (κ2) is 4.51. The van der Waals surface area contributed by atoms with Crippen molar-refractivity contribution in [3.8, 4) is 0 Å². The Morgan fingerprint density at radius 2 is 2.16 bits per heavy atom. The molecule has 106 valence electrons. The lowest BCUT2D eigenvalue weighted by Crippen LogP contribution is -2.43. The first-order valence-electron chi connectivity index (χ1n) is 5.43. The summed E-state index contributed by atoms with van der Waals surface area (Å²) < 4.78 is 32.9. The Kier molecular flexibility index (Phi) is 3.29. The van der Waals surface area contributed by atoms with Gasteiger partial charge in [-0.15, -0.1) is 0 Å². The molecular formula is C10H12F2N2O5. The van der Waals surface area contributed by atoms with Crippen molar-refractivity contribution in [2.75, 3.05) is 6.61 Å². The van der Waals surface area contributed by atoms with E-state index in [4.69, 9.17) is 9.84 Å². The van der Waals surface area contributed by atoms with Gasteiger partial charge in [0.05, 0.1) is 6.61 Å². The highest BCUT2D eigenvalue weighted by Gasteiger charge is 2.59. The van der Waals surface area contributed by atoms with E-state index in [1.165, 1.54) is 6.92 Å². The number of nitrogens with zero attached hydrogens (tertiary/aromatic N) is 1. The fourth-order valence-electron chi connectivity index (χ4n) is 1.88. The number of aromatic amines is 1. The average molecular weight is 278 g/mol. The molecule has 0 radical (unpaired) electrons. The molecule has 2 rings (SSSR count). The average Bonchev–Trinajstić information content (AvgIpc) is 2.56. The molecule has 7 nitrogen and oxygen atoms in total. The maximum Gasteiger partial charge on any atom is 0.330 e. The molecule has 2 heterocycles. The number of aryl methyl sites for hydroxylation is 1. The van der Waals surface area contributed by atoms with Crippen molar-refractivity contribution in [2.24, 2.45) is 0 Å². The zero-order valence-corrected chi connectivity index (χ0v) is 9.84. The van der Waals surface area contributed by atoms with E-state index in [0.29, 0.717) is 4.57 Å². The molecule has 1 aromatic rings. The molecule has 0 amide bonds. The van der Waals surface area contributed by atoms with Gasteiger partial charge in [0.2, 0.25) is 6.23 Å². The van der Waals surface area contributed by atoms with Gasteiger partial charge in [-0.2, -0.15) is 8.78 Å². The Labute approximate surface area is 105 Å². The number of alkyl halides is 2. The number of halogens is 2. The minimum absolute atomic E-state index is 0.0425. The standard InChI is InChI=1S/C10H12F2N2O5/c1-4-2-14(9(18)13-7(4)17)8-10(11,12)6(16)5(3-15)19-8/h2,5-6,8,15-16H,3H2,1H3,(H,13,17,18)/t5-,6-,8-/m0/s1. The van der Waals surface area contributed by atoms with E-state index >= 15 is 0 Å². The Morgan fingerprint density at radius 1 is 1.53 bits per heavy atom. The highest BCUT2D eigenvalue weighted by atomic mass is 19.3. The number of ether oxygens (including phenoxy) is 1. The summed E-state index contributed by atoms with van der Waals surface area (Å²) in [5.74, 6) is -3.76. The molecular weight excluding hydrogens is 266 g/mol. The molecule has 19 heavy (non-hydrogen) atoms. The number of hydrogen-bond acceptors (Lipinski definition) is 5. The number of aromatic nitrogens is 2.